The maximum atomic E-state index is 12.9. The van der Waals surface area contributed by atoms with E-state index in [1.54, 1.807) is 23.9 Å². The highest BCUT2D eigenvalue weighted by Gasteiger charge is 2.22. The largest absolute Gasteiger partial charge is 0.481 e. The van der Waals surface area contributed by atoms with Crippen LogP contribution in [0.15, 0.2) is 24.3 Å². The van der Waals surface area contributed by atoms with Crippen molar-refractivity contribution in [3.05, 3.63) is 41.3 Å². The standard InChI is InChI=1S/C14H19FN4O/c1-9-13(14(20-3)19(2)18-9)12(8-16)17-11-6-4-10(15)5-7-11/h4-7,12,17H,8,16H2,1-3H3. The molecule has 0 aliphatic rings. The van der Waals surface area contributed by atoms with Crippen LogP contribution in [-0.2, 0) is 7.05 Å². The van der Waals surface area contributed by atoms with Crippen molar-refractivity contribution in [1.29, 1.82) is 0 Å². The molecular formula is C14H19FN4O. The number of nitrogens with two attached hydrogens (primary N) is 1. The molecular weight excluding hydrogens is 259 g/mol. The number of aryl methyl sites for hydroxylation is 2. The Kier molecular flexibility index (Phi) is 4.24. The first-order chi connectivity index (χ1) is 9.56. The lowest BCUT2D eigenvalue weighted by atomic mass is 10.1. The van der Waals surface area contributed by atoms with Gasteiger partial charge in [-0.15, -0.1) is 0 Å². The summed E-state index contributed by atoms with van der Waals surface area (Å²) in [6.07, 6.45) is 0. The highest BCUT2D eigenvalue weighted by atomic mass is 19.1. The molecule has 2 rings (SSSR count). The van der Waals surface area contributed by atoms with E-state index in [-0.39, 0.29) is 11.9 Å². The SMILES string of the molecule is COc1c(C(CN)Nc2ccc(F)cc2)c(C)nn1C. The maximum absolute atomic E-state index is 12.9. The minimum absolute atomic E-state index is 0.149. The van der Waals surface area contributed by atoms with E-state index in [1.807, 2.05) is 14.0 Å². The molecule has 3 N–H and O–H groups in total. The van der Waals surface area contributed by atoms with Crippen LogP contribution in [0.1, 0.15) is 17.3 Å². The monoisotopic (exact) mass is 278 g/mol. The second-order valence-corrected chi connectivity index (χ2v) is 4.57. The highest BCUT2D eigenvalue weighted by molar-refractivity contribution is 5.48. The van der Waals surface area contributed by atoms with Crippen LogP contribution in [0.2, 0.25) is 0 Å². The fraction of sp³-hybridized carbons (Fsp3) is 0.357. The van der Waals surface area contributed by atoms with Gasteiger partial charge in [0.15, 0.2) is 0 Å². The quantitative estimate of drug-likeness (QED) is 0.878. The molecule has 1 aromatic heterocycles. The molecule has 6 heteroatoms. The second kappa shape index (κ2) is 5.92. The molecule has 1 atom stereocenters. The second-order valence-electron chi connectivity index (χ2n) is 4.57. The zero-order valence-corrected chi connectivity index (χ0v) is 11.9. The summed E-state index contributed by atoms with van der Waals surface area (Å²) in [6.45, 7) is 2.28. The van der Waals surface area contributed by atoms with Gasteiger partial charge in [0.25, 0.3) is 0 Å². The van der Waals surface area contributed by atoms with Crippen molar-refractivity contribution < 1.29 is 9.13 Å². The first kappa shape index (κ1) is 14.3. The van der Waals surface area contributed by atoms with Crippen LogP contribution in [0.5, 0.6) is 5.88 Å². The Hall–Kier alpha value is -2.08. The number of benzene rings is 1. The molecule has 5 nitrogen and oxygen atoms in total. The number of anilines is 1. The molecule has 1 heterocycles. The van der Waals surface area contributed by atoms with Crippen molar-refractivity contribution in [3.63, 3.8) is 0 Å². The zero-order chi connectivity index (χ0) is 14.7. The molecule has 0 aliphatic carbocycles. The van der Waals surface area contributed by atoms with Crippen LogP contribution in [-0.4, -0.2) is 23.4 Å². The van der Waals surface area contributed by atoms with Crippen molar-refractivity contribution in [2.24, 2.45) is 12.8 Å². The lowest BCUT2D eigenvalue weighted by Gasteiger charge is -2.19. The summed E-state index contributed by atoms with van der Waals surface area (Å²) in [5.74, 6) is 0.405. The number of nitrogens with one attached hydrogen (secondary N) is 1. The zero-order valence-electron chi connectivity index (χ0n) is 11.9. The summed E-state index contributed by atoms with van der Waals surface area (Å²) in [7, 11) is 3.42. The predicted molar refractivity (Wildman–Crippen MR) is 76.3 cm³/mol. The van der Waals surface area contributed by atoms with Gasteiger partial charge < -0.3 is 15.8 Å². The smallest absolute Gasteiger partial charge is 0.216 e. The molecule has 108 valence electrons. The fourth-order valence-corrected chi connectivity index (χ4v) is 2.29. The van der Waals surface area contributed by atoms with Gasteiger partial charge >= 0.3 is 0 Å². The highest BCUT2D eigenvalue weighted by Crippen LogP contribution is 2.29. The van der Waals surface area contributed by atoms with Crippen molar-refractivity contribution in [2.75, 3.05) is 19.0 Å². The molecule has 0 aliphatic heterocycles. The Morgan fingerprint density at radius 3 is 2.60 bits per heavy atom. The third-order valence-corrected chi connectivity index (χ3v) is 3.18. The number of rotatable bonds is 5. The first-order valence-corrected chi connectivity index (χ1v) is 6.36. The first-order valence-electron chi connectivity index (χ1n) is 6.36. The van der Waals surface area contributed by atoms with E-state index >= 15 is 0 Å². The fourth-order valence-electron chi connectivity index (χ4n) is 2.29. The maximum Gasteiger partial charge on any atom is 0.216 e. The Balaban J connectivity index is 2.30. The number of methoxy groups -OCH3 is 1. The normalized spacial score (nSPS) is 12.2. The number of ether oxygens (including phenoxy) is 1. The van der Waals surface area contributed by atoms with Crippen molar-refractivity contribution in [2.45, 2.75) is 13.0 Å². The van der Waals surface area contributed by atoms with Crippen molar-refractivity contribution >= 4 is 5.69 Å². The van der Waals surface area contributed by atoms with Gasteiger partial charge in [0, 0.05) is 19.3 Å². The van der Waals surface area contributed by atoms with E-state index in [9.17, 15) is 4.39 Å². The van der Waals surface area contributed by atoms with Crippen LogP contribution in [0.4, 0.5) is 10.1 Å². The molecule has 1 unspecified atom stereocenters. The number of hydrogen-bond donors (Lipinski definition) is 2. The Labute approximate surface area is 117 Å². The van der Waals surface area contributed by atoms with Gasteiger partial charge in [0.05, 0.1) is 24.4 Å². The van der Waals surface area contributed by atoms with Crippen molar-refractivity contribution in [3.8, 4) is 5.88 Å². The average molecular weight is 278 g/mol. The molecule has 20 heavy (non-hydrogen) atoms. The summed E-state index contributed by atoms with van der Waals surface area (Å²) in [6, 6.07) is 6.02. The number of aromatic nitrogens is 2. The van der Waals surface area contributed by atoms with Crippen LogP contribution in [0.3, 0.4) is 0 Å². The minimum Gasteiger partial charge on any atom is -0.481 e. The van der Waals surface area contributed by atoms with E-state index in [4.69, 9.17) is 10.5 Å². The van der Waals surface area contributed by atoms with Gasteiger partial charge in [-0.2, -0.15) is 5.10 Å². The lowest BCUT2D eigenvalue weighted by molar-refractivity contribution is 0.367. The third kappa shape index (κ3) is 2.75. The molecule has 0 bridgehead atoms. The predicted octanol–water partition coefficient (Wildman–Crippen LogP) is 1.99. The van der Waals surface area contributed by atoms with E-state index in [2.05, 4.69) is 10.4 Å². The van der Waals surface area contributed by atoms with E-state index in [0.29, 0.717) is 12.4 Å². The van der Waals surface area contributed by atoms with Crippen LogP contribution in [0, 0.1) is 12.7 Å². The van der Waals surface area contributed by atoms with E-state index < -0.39 is 0 Å². The molecule has 2 aromatic rings. The third-order valence-electron chi connectivity index (χ3n) is 3.18. The molecule has 0 amide bonds. The summed E-state index contributed by atoms with van der Waals surface area (Å²) in [4.78, 5) is 0. The van der Waals surface area contributed by atoms with Gasteiger partial charge in [-0.05, 0) is 31.2 Å². The number of halogens is 1. The average Bonchev–Trinajstić information content (AvgIpc) is 2.72. The molecule has 0 spiro atoms. The number of hydrogen-bond acceptors (Lipinski definition) is 4. The van der Waals surface area contributed by atoms with Gasteiger partial charge in [0.1, 0.15) is 5.82 Å². The summed E-state index contributed by atoms with van der Waals surface area (Å²) in [5.41, 5.74) is 8.43. The summed E-state index contributed by atoms with van der Waals surface area (Å²) >= 11 is 0. The van der Waals surface area contributed by atoms with E-state index in [1.165, 1.54) is 12.1 Å². The van der Waals surface area contributed by atoms with Crippen LogP contribution < -0.4 is 15.8 Å². The lowest BCUT2D eigenvalue weighted by Crippen LogP contribution is -2.21. The molecule has 0 saturated heterocycles. The number of nitrogens with zero attached hydrogens (tertiary/aromatic N) is 2. The van der Waals surface area contributed by atoms with E-state index in [0.717, 1.165) is 16.9 Å². The van der Waals surface area contributed by atoms with Gasteiger partial charge in [0.2, 0.25) is 5.88 Å². The molecule has 0 fully saturated rings. The van der Waals surface area contributed by atoms with Crippen LogP contribution >= 0.6 is 0 Å². The Morgan fingerprint density at radius 2 is 2.05 bits per heavy atom. The Bertz CT molecular complexity index is 580. The van der Waals surface area contributed by atoms with Crippen LogP contribution in [0.25, 0.3) is 0 Å². The molecule has 1 aromatic carbocycles. The minimum atomic E-state index is -0.269. The van der Waals surface area contributed by atoms with Gasteiger partial charge in [-0.25, -0.2) is 9.07 Å². The van der Waals surface area contributed by atoms with Gasteiger partial charge in [-0.3, -0.25) is 0 Å². The van der Waals surface area contributed by atoms with Crippen molar-refractivity contribution in [1.82, 2.24) is 9.78 Å². The topological polar surface area (TPSA) is 65.1 Å². The summed E-state index contributed by atoms with van der Waals surface area (Å²) < 4.78 is 20.0. The Morgan fingerprint density at radius 1 is 1.40 bits per heavy atom. The molecule has 0 radical (unpaired) electrons. The molecule has 0 saturated carbocycles. The van der Waals surface area contributed by atoms with Gasteiger partial charge in [-0.1, -0.05) is 0 Å². The summed E-state index contributed by atoms with van der Waals surface area (Å²) in [5, 5.41) is 7.62.